The molecule has 11 aromatic carbocycles. The van der Waals surface area contributed by atoms with Crippen LogP contribution in [-0.4, -0.2) is 19.5 Å². The average Bonchev–Trinajstić information content (AvgIpc) is 4.40. The van der Waals surface area contributed by atoms with E-state index in [1.54, 1.807) is 22.7 Å². The fourth-order valence-corrected chi connectivity index (χ4v) is 14.0. The lowest BCUT2D eigenvalue weighted by molar-refractivity contribution is 0.594. The largest absolute Gasteiger partial charge is 0.308 e. The molecular weight excluding hydrogens is 997 g/mol. The van der Waals surface area contributed by atoms with E-state index in [0.29, 0.717) is 17.5 Å². The van der Waals surface area contributed by atoms with Gasteiger partial charge in [-0.3, -0.25) is 0 Å². The van der Waals surface area contributed by atoms with Gasteiger partial charge in [0.1, 0.15) is 0 Å². The molecule has 0 aliphatic carbocycles. The molecule has 0 radical (unpaired) electrons. The molecule has 4 heterocycles. The number of thiophene rings is 2. The maximum atomic E-state index is 5.52. The molecule has 0 bridgehead atoms. The first kappa shape index (κ1) is 46.9. The van der Waals surface area contributed by atoms with Crippen LogP contribution >= 0.6 is 22.7 Å². The highest BCUT2D eigenvalue weighted by Gasteiger charge is 2.29. The van der Waals surface area contributed by atoms with Crippen molar-refractivity contribution in [1.82, 2.24) is 19.5 Å². The van der Waals surface area contributed by atoms with Crippen molar-refractivity contribution >= 4 is 84.8 Å². The van der Waals surface area contributed by atoms with Crippen LogP contribution in [-0.2, 0) is 5.41 Å². The maximum Gasteiger partial charge on any atom is 0.164 e. The van der Waals surface area contributed by atoms with Crippen LogP contribution in [0.15, 0.2) is 249 Å². The molecule has 0 amide bonds. The van der Waals surface area contributed by atoms with Gasteiger partial charge in [0, 0.05) is 78.9 Å². The van der Waals surface area contributed by atoms with E-state index < -0.39 is 0 Å². The summed E-state index contributed by atoms with van der Waals surface area (Å²) in [6.07, 6.45) is 0. The summed E-state index contributed by atoms with van der Waals surface area (Å²) in [4.78, 5) is 16.4. The topological polar surface area (TPSA) is 43.6 Å². The zero-order valence-electron chi connectivity index (χ0n) is 43.8. The van der Waals surface area contributed by atoms with E-state index in [-0.39, 0.29) is 5.41 Å². The minimum Gasteiger partial charge on any atom is -0.308 e. The lowest BCUT2D eigenvalue weighted by Gasteiger charge is -2.26. The van der Waals surface area contributed by atoms with Gasteiger partial charge < -0.3 is 4.57 Å². The number of hydrogen-bond donors (Lipinski definition) is 0. The Kier molecular flexibility index (Phi) is 11.1. The molecule has 0 unspecified atom stereocenters. The Hall–Kier alpha value is -9.33. The Morgan fingerprint density at radius 1 is 0.304 bits per heavy atom. The molecule has 4 aromatic heterocycles. The zero-order valence-corrected chi connectivity index (χ0v) is 45.4. The molecule has 4 nitrogen and oxygen atoms in total. The highest BCUT2D eigenvalue weighted by Crippen LogP contribution is 2.48. The van der Waals surface area contributed by atoms with Crippen molar-refractivity contribution in [3.63, 3.8) is 0 Å². The van der Waals surface area contributed by atoms with E-state index in [9.17, 15) is 0 Å². The van der Waals surface area contributed by atoms with Crippen molar-refractivity contribution < 1.29 is 0 Å². The van der Waals surface area contributed by atoms with E-state index in [1.807, 2.05) is 0 Å². The van der Waals surface area contributed by atoms with Gasteiger partial charge in [0.15, 0.2) is 17.5 Å². The third kappa shape index (κ3) is 8.14. The second-order valence-corrected chi connectivity index (χ2v) is 23.7. The highest BCUT2D eigenvalue weighted by molar-refractivity contribution is 7.26. The average molecular weight is 1050 g/mol. The summed E-state index contributed by atoms with van der Waals surface area (Å²) in [7, 11) is 0. The molecule has 0 aliphatic rings. The second kappa shape index (κ2) is 18.7. The third-order valence-corrected chi connectivity index (χ3v) is 17.8. The summed E-state index contributed by atoms with van der Waals surface area (Å²) in [5, 5.41) is 7.39. The molecule has 0 atom stereocenters. The minimum absolute atomic E-state index is 0.243. The first-order valence-corrected chi connectivity index (χ1v) is 28.5. The quantitative estimate of drug-likeness (QED) is 0.152. The molecule has 0 saturated heterocycles. The minimum atomic E-state index is -0.243. The summed E-state index contributed by atoms with van der Waals surface area (Å²) in [5.74, 6) is 1.86. The zero-order chi connectivity index (χ0) is 52.8. The van der Waals surface area contributed by atoms with E-state index in [4.69, 9.17) is 15.0 Å². The number of rotatable bonds is 8. The third-order valence-electron chi connectivity index (χ3n) is 15.6. The fourth-order valence-electron chi connectivity index (χ4n) is 11.7. The van der Waals surface area contributed by atoms with Crippen molar-refractivity contribution in [3.05, 3.63) is 254 Å². The van der Waals surface area contributed by atoms with Crippen molar-refractivity contribution in [2.75, 3.05) is 0 Å². The van der Waals surface area contributed by atoms with Crippen LogP contribution < -0.4 is 0 Å². The lowest BCUT2D eigenvalue weighted by Crippen LogP contribution is -2.14. The van der Waals surface area contributed by atoms with Crippen LogP contribution in [0.2, 0.25) is 0 Å². The van der Waals surface area contributed by atoms with Crippen LogP contribution in [0, 0.1) is 0 Å². The lowest BCUT2D eigenvalue weighted by atomic mass is 9.83. The van der Waals surface area contributed by atoms with Gasteiger partial charge in [-0.1, -0.05) is 209 Å². The molecule has 79 heavy (non-hydrogen) atoms. The van der Waals surface area contributed by atoms with E-state index in [1.165, 1.54) is 84.5 Å². The van der Waals surface area contributed by atoms with Gasteiger partial charge in [-0.05, 0) is 105 Å². The monoisotopic (exact) mass is 1050 g/mol. The van der Waals surface area contributed by atoms with Gasteiger partial charge in [-0.25, -0.2) is 15.0 Å². The normalized spacial score (nSPS) is 12.0. The summed E-state index contributed by atoms with van der Waals surface area (Å²) in [5.41, 5.74) is 16.3. The molecule has 0 N–H and O–H groups in total. The summed E-state index contributed by atoms with van der Waals surface area (Å²) in [6, 6.07) is 90.5. The maximum absolute atomic E-state index is 5.52. The van der Waals surface area contributed by atoms with Gasteiger partial charge in [0.25, 0.3) is 0 Å². The van der Waals surface area contributed by atoms with Crippen molar-refractivity contribution in [1.29, 1.82) is 0 Å². The number of nitrogens with zero attached hydrogens (tertiary/aromatic N) is 4. The molecule has 0 fully saturated rings. The molecule has 0 saturated carbocycles. The smallest absolute Gasteiger partial charge is 0.164 e. The van der Waals surface area contributed by atoms with Crippen LogP contribution in [0.1, 0.15) is 26.3 Å². The molecule has 374 valence electrons. The Morgan fingerprint density at radius 2 is 0.722 bits per heavy atom. The standard InChI is InChI=1S/C73H50N4S2/c1-73(2,3)62-42-52(46-22-10-5-11-23-46)39-61-60-38-49(45-20-8-4-9-21-45)34-37-63(60)77(69(61)62)68-58(47-24-12-6-13-25-47)40-53(41-59(68)48-26-14-7-15-27-48)72-75-70(50-32-35-56-54-28-16-18-30-64(54)78-66(56)43-50)74-71(76-72)51-33-36-57-55-29-17-19-31-65(55)79-67(57)44-51/h4-44H,1-3H3. The second-order valence-electron chi connectivity index (χ2n) is 21.5. The van der Waals surface area contributed by atoms with Gasteiger partial charge in [0.05, 0.1) is 16.7 Å². The van der Waals surface area contributed by atoms with Gasteiger partial charge in [-0.15, -0.1) is 22.7 Å². The molecule has 0 aliphatic heterocycles. The van der Waals surface area contributed by atoms with Crippen molar-refractivity contribution in [3.8, 4) is 84.4 Å². The summed E-state index contributed by atoms with van der Waals surface area (Å²) < 4.78 is 7.49. The predicted octanol–water partition coefficient (Wildman–Crippen LogP) is 20.7. The molecule has 0 spiro atoms. The van der Waals surface area contributed by atoms with Crippen LogP contribution in [0.4, 0.5) is 0 Å². The first-order valence-electron chi connectivity index (χ1n) is 26.9. The van der Waals surface area contributed by atoms with Gasteiger partial charge >= 0.3 is 0 Å². The van der Waals surface area contributed by atoms with Crippen molar-refractivity contribution in [2.24, 2.45) is 0 Å². The number of hydrogen-bond acceptors (Lipinski definition) is 5. The summed E-state index contributed by atoms with van der Waals surface area (Å²) in [6.45, 7) is 7.04. The van der Waals surface area contributed by atoms with Crippen molar-refractivity contribution in [2.45, 2.75) is 26.2 Å². The molecule has 15 rings (SSSR count). The summed E-state index contributed by atoms with van der Waals surface area (Å²) >= 11 is 3.61. The van der Waals surface area contributed by atoms with Crippen LogP contribution in [0.25, 0.3) is 147 Å². The number of aromatic nitrogens is 4. The van der Waals surface area contributed by atoms with Crippen LogP contribution in [0.3, 0.4) is 0 Å². The first-order chi connectivity index (χ1) is 38.8. The predicted molar refractivity (Wildman–Crippen MR) is 337 cm³/mol. The van der Waals surface area contributed by atoms with E-state index >= 15 is 0 Å². The molecule has 6 heteroatoms. The van der Waals surface area contributed by atoms with Crippen LogP contribution in [0.5, 0.6) is 0 Å². The van der Waals surface area contributed by atoms with E-state index in [2.05, 4.69) is 274 Å². The Labute approximate surface area is 466 Å². The van der Waals surface area contributed by atoms with E-state index in [0.717, 1.165) is 50.1 Å². The van der Waals surface area contributed by atoms with Gasteiger partial charge in [-0.2, -0.15) is 0 Å². The molecule has 15 aromatic rings. The Morgan fingerprint density at radius 3 is 1.23 bits per heavy atom. The Balaban J connectivity index is 1.04. The van der Waals surface area contributed by atoms with Gasteiger partial charge in [0.2, 0.25) is 0 Å². The fraction of sp³-hybridized carbons (Fsp3) is 0.0548. The number of benzene rings is 11. The highest BCUT2D eigenvalue weighted by atomic mass is 32.1. The SMILES string of the molecule is CC(C)(C)c1cc(-c2ccccc2)cc2c3cc(-c4ccccc4)ccc3n(-c3c(-c4ccccc4)cc(-c4nc(-c5ccc6c(c5)sc5ccccc56)nc(-c5ccc6c(c5)sc5ccccc56)n4)cc3-c3ccccc3)c12. The number of fused-ring (bicyclic) bond motifs is 9. The molecular formula is C73H50N4S2. The Bertz CT molecular complexity index is 4660.